The molecule has 5 nitrogen and oxygen atoms in total. The van der Waals surface area contributed by atoms with Crippen LogP contribution in [0, 0.1) is 0 Å². The summed E-state index contributed by atoms with van der Waals surface area (Å²) in [6.45, 7) is 4.70. The SMILES string of the molecule is O=C(N[C@@H]1CCOC1)c1ccc(-c2ccc(CN3CCCCC3)cn2)cc1. The molecule has 1 aromatic carbocycles. The molecular weight excluding hydrogens is 338 g/mol. The number of ether oxygens (including phenoxy) is 1. The first kappa shape index (κ1) is 18.1. The highest BCUT2D eigenvalue weighted by atomic mass is 16.5. The first-order valence-electron chi connectivity index (χ1n) is 9.94. The van der Waals surface area contributed by atoms with Crippen molar-refractivity contribution in [1.29, 1.82) is 0 Å². The number of aromatic nitrogens is 1. The third-order valence-electron chi connectivity index (χ3n) is 5.39. The van der Waals surface area contributed by atoms with Crippen LogP contribution < -0.4 is 5.32 Å². The summed E-state index contributed by atoms with van der Waals surface area (Å²) in [5, 5.41) is 3.02. The first-order chi connectivity index (χ1) is 13.3. The van der Waals surface area contributed by atoms with Gasteiger partial charge in [0, 0.05) is 30.5 Å². The Kier molecular flexibility index (Phi) is 5.80. The minimum Gasteiger partial charge on any atom is -0.379 e. The Hall–Kier alpha value is -2.24. The van der Waals surface area contributed by atoms with Crippen molar-refractivity contribution < 1.29 is 9.53 Å². The van der Waals surface area contributed by atoms with E-state index in [4.69, 9.17) is 4.74 Å². The topological polar surface area (TPSA) is 54.5 Å². The number of hydrogen-bond donors (Lipinski definition) is 1. The standard InChI is InChI=1S/C22H27N3O2/c26-22(24-20-10-13-27-16-20)19-7-5-18(6-8-19)21-9-4-17(14-23-21)15-25-11-2-1-3-12-25/h4-9,14,20H,1-3,10-13,15-16H2,(H,24,26)/t20-/m1/s1. The molecule has 0 saturated carbocycles. The first-order valence-corrected chi connectivity index (χ1v) is 9.94. The Labute approximate surface area is 160 Å². The van der Waals surface area contributed by atoms with E-state index in [0.717, 1.165) is 30.8 Å². The minimum atomic E-state index is -0.0399. The fourth-order valence-corrected chi connectivity index (χ4v) is 3.77. The molecule has 1 aromatic heterocycles. The number of piperidine rings is 1. The number of nitrogens with zero attached hydrogens (tertiary/aromatic N) is 2. The van der Waals surface area contributed by atoms with Crippen LogP contribution in [0.5, 0.6) is 0 Å². The van der Waals surface area contributed by atoms with E-state index in [1.54, 1.807) is 0 Å². The summed E-state index contributed by atoms with van der Waals surface area (Å²) < 4.78 is 5.30. The summed E-state index contributed by atoms with van der Waals surface area (Å²) in [4.78, 5) is 19.4. The maximum absolute atomic E-state index is 12.3. The number of pyridine rings is 1. The lowest BCUT2D eigenvalue weighted by atomic mass is 10.1. The van der Waals surface area contributed by atoms with E-state index in [1.807, 2.05) is 30.5 Å². The summed E-state index contributed by atoms with van der Waals surface area (Å²) in [6, 6.07) is 12.0. The predicted octanol–water partition coefficient (Wildman–Crippen LogP) is 3.25. The van der Waals surface area contributed by atoms with E-state index < -0.39 is 0 Å². The molecule has 0 spiro atoms. The van der Waals surface area contributed by atoms with Crippen LogP contribution in [0.15, 0.2) is 42.6 Å². The zero-order valence-corrected chi connectivity index (χ0v) is 15.7. The van der Waals surface area contributed by atoms with Crippen molar-refractivity contribution >= 4 is 5.91 Å². The van der Waals surface area contributed by atoms with Gasteiger partial charge in [-0.2, -0.15) is 0 Å². The second kappa shape index (κ2) is 8.63. The summed E-state index contributed by atoms with van der Waals surface area (Å²) in [7, 11) is 0. The van der Waals surface area contributed by atoms with Crippen molar-refractivity contribution in [2.75, 3.05) is 26.3 Å². The van der Waals surface area contributed by atoms with Gasteiger partial charge in [-0.05, 0) is 56.1 Å². The van der Waals surface area contributed by atoms with E-state index in [-0.39, 0.29) is 11.9 Å². The van der Waals surface area contributed by atoms with Crippen molar-refractivity contribution in [3.8, 4) is 11.3 Å². The molecule has 1 atom stereocenters. The summed E-state index contributed by atoms with van der Waals surface area (Å²) >= 11 is 0. The fraction of sp³-hybridized carbons (Fsp3) is 0.455. The van der Waals surface area contributed by atoms with Gasteiger partial charge >= 0.3 is 0 Å². The van der Waals surface area contributed by atoms with E-state index in [2.05, 4.69) is 27.3 Å². The molecule has 4 rings (SSSR count). The highest BCUT2D eigenvalue weighted by molar-refractivity contribution is 5.94. The number of nitrogens with one attached hydrogen (secondary N) is 1. The van der Waals surface area contributed by atoms with Gasteiger partial charge in [-0.25, -0.2) is 0 Å². The molecule has 2 aliphatic heterocycles. The molecule has 2 aromatic rings. The average molecular weight is 365 g/mol. The second-order valence-corrected chi connectivity index (χ2v) is 7.50. The molecule has 1 amide bonds. The molecule has 2 fully saturated rings. The lowest BCUT2D eigenvalue weighted by molar-refractivity contribution is 0.0930. The molecule has 2 saturated heterocycles. The molecule has 3 heterocycles. The Morgan fingerprint density at radius 3 is 2.59 bits per heavy atom. The molecular formula is C22H27N3O2. The number of carbonyl (C=O) groups excluding carboxylic acids is 1. The van der Waals surface area contributed by atoms with E-state index >= 15 is 0 Å². The third-order valence-corrected chi connectivity index (χ3v) is 5.39. The predicted molar refractivity (Wildman–Crippen MR) is 105 cm³/mol. The van der Waals surface area contributed by atoms with Gasteiger partial charge in [0.25, 0.3) is 5.91 Å². The number of carbonyl (C=O) groups is 1. The van der Waals surface area contributed by atoms with Gasteiger partial charge in [-0.3, -0.25) is 14.7 Å². The lowest BCUT2D eigenvalue weighted by Gasteiger charge is -2.26. The Morgan fingerprint density at radius 2 is 1.93 bits per heavy atom. The molecule has 0 bridgehead atoms. The number of likely N-dealkylation sites (tertiary alicyclic amines) is 1. The van der Waals surface area contributed by atoms with Gasteiger partial charge in [0.2, 0.25) is 0 Å². The van der Waals surface area contributed by atoms with E-state index in [9.17, 15) is 4.79 Å². The van der Waals surface area contributed by atoms with Gasteiger partial charge < -0.3 is 10.1 Å². The fourth-order valence-electron chi connectivity index (χ4n) is 3.77. The second-order valence-electron chi connectivity index (χ2n) is 7.50. The highest BCUT2D eigenvalue weighted by Gasteiger charge is 2.18. The highest BCUT2D eigenvalue weighted by Crippen LogP contribution is 2.19. The molecule has 0 unspecified atom stereocenters. The molecule has 0 radical (unpaired) electrons. The van der Waals surface area contributed by atoms with Crippen LogP contribution in [0.25, 0.3) is 11.3 Å². The lowest BCUT2D eigenvalue weighted by Crippen LogP contribution is -2.34. The molecule has 0 aliphatic carbocycles. The summed E-state index contributed by atoms with van der Waals surface area (Å²) in [5.74, 6) is -0.0399. The largest absolute Gasteiger partial charge is 0.379 e. The third kappa shape index (κ3) is 4.73. The van der Waals surface area contributed by atoms with Crippen LogP contribution in [0.3, 0.4) is 0 Å². The van der Waals surface area contributed by atoms with Crippen molar-refractivity contribution in [3.63, 3.8) is 0 Å². The Bertz CT molecular complexity index is 746. The van der Waals surface area contributed by atoms with Crippen molar-refractivity contribution in [1.82, 2.24) is 15.2 Å². The molecule has 2 aliphatic rings. The Morgan fingerprint density at radius 1 is 1.11 bits per heavy atom. The van der Waals surface area contributed by atoms with Crippen LogP contribution >= 0.6 is 0 Å². The van der Waals surface area contributed by atoms with Crippen LogP contribution in [0.4, 0.5) is 0 Å². The minimum absolute atomic E-state index is 0.0399. The van der Waals surface area contributed by atoms with Crippen molar-refractivity contribution in [2.45, 2.75) is 38.3 Å². The van der Waals surface area contributed by atoms with Crippen molar-refractivity contribution in [3.05, 3.63) is 53.7 Å². The molecule has 142 valence electrons. The van der Waals surface area contributed by atoms with E-state index in [0.29, 0.717) is 12.2 Å². The van der Waals surface area contributed by atoms with Crippen molar-refractivity contribution in [2.24, 2.45) is 0 Å². The quantitative estimate of drug-likeness (QED) is 0.884. The summed E-state index contributed by atoms with van der Waals surface area (Å²) in [5.41, 5.74) is 3.90. The zero-order chi connectivity index (χ0) is 18.5. The van der Waals surface area contributed by atoms with Crippen LogP contribution in [-0.4, -0.2) is 48.1 Å². The Balaban J connectivity index is 1.37. The van der Waals surface area contributed by atoms with Gasteiger partial charge in [0.15, 0.2) is 0 Å². The van der Waals surface area contributed by atoms with Gasteiger partial charge in [-0.15, -0.1) is 0 Å². The van der Waals surface area contributed by atoms with Crippen LogP contribution in [0.2, 0.25) is 0 Å². The van der Waals surface area contributed by atoms with E-state index in [1.165, 1.54) is 37.9 Å². The zero-order valence-electron chi connectivity index (χ0n) is 15.7. The maximum atomic E-state index is 12.3. The number of hydrogen-bond acceptors (Lipinski definition) is 4. The summed E-state index contributed by atoms with van der Waals surface area (Å²) in [6.07, 6.45) is 6.83. The number of rotatable bonds is 5. The van der Waals surface area contributed by atoms with Gasteiger partial charge in [-0.1, -0.05) is 24.6 Å². The molecule has 1 N–H and O–H groups in total. The normalized spacial score (nSPS) is 20.5. The number of amides is 1. The van der Waals surface area contributed by atoms with Crippen LogP contribution in [0.1, 0.15) is 41.6 Å². The van der Waals surface area contributed by atoms with Gasteiger partial charge in [0.1, 0.15) is 0 Å². The number of benzene rings is 1. The molecule has 5 heteroatoms. The monoisotopic (exact) mass is 365 g/mol. The smallest absolute Gasteiger partial charge is 0.251 e. The average Bonchev–Trinajstić information content (AvgIpc) is 3.22. The van der Waals surface area contributed by atoms with Crippen LogP contribution in [-0.2, 0) is 11.3 Å². The van der Waals surface area contributed by atoms with Gasteiger partial charge in [0.05, 0.1) is 18.3 Å². The molecule has 27 heavy (non-hydrogen) atoms. The maximum Gasteiger partial charge on any atom is 0.251 e.